The fraction of sp³-hybridized carbons (Fsp3) is 0.316. The molecular weight excluding hydrogens is 368 g/mol. The highest BCUT2D eigenvalue weighted by Crippen LogP contribution is 2.16. The van der Waals surface area contributed by atoms with E-state index < -0.39 is 16.1 Å². The molecule has 2 aromatic rings. The van der Waals surface area contributed by atoms with Crippen LogP contribution in [0.4, 0.5) is 5.69 Å². The lowest BCUT2D eigenvalue weighted by molar-refractivity contribution is -0.117. The minimum absolute atomic E-state index is 0.147. The van der Waals surface area contributed by atoms with Gasteiger partial charge < -0.3 is 5.32 Å². The summed E-state index contributed by atoms with van der Waals surface area (Å²) < 4.78 is 27.7. The number of anilines is 1. The van der Waals surface area contributed by atoms with Crippen molar-refractivity contribution >= 4 is 33.4 Å². The number of thioether (sulfide) groups is 1. The van der Waals surface area contributed by atoms with Crippen molar-refractivity contribution in [3.05, 3.63) is 59.7 Å². The molecule has 0 aliphatic carbocycles. The van der Waals surface area contributed by atoms with Gasteiger partial charge in [-0.15, -0.1) is 0 Å². The molecule has 0 fully saturated rings. The highest BCUT2D eigenvalue weighted by molar-refractivity contribution is 7.98. The zero-order chi connectivity index (χ0) is 19.2. The lowest BCUT2D eigenvalue weighted by Crippen LogP contribution is -2.44. The van der Waals surface area contributed by atoms with Gasteiger partial charge in [-0.2, -0.15) is 16.5 Å². The Kier molecular flexibility index (Phi) is 7.25. The lowest BCUT2D eigenvalue weighted by Gasteiger charge is -2.18. The van der Waals surface area contributed by atoms with Crippen molar-refractivity contribution in [1.82, 2.24) is 4.72 Å². The Morgan fingerprint density at radius 1 is 1.08 bits per heavy atom. The van der Waals surface area contributed by atoms with E-state index in [1.165, 1.54) is 12.1 Å². The molecule has 2 aromatic carbocycles. The Hall–Kier alpha value is -1.83. The van der Waals surface area contributed by atoms with Gasteiger partial charge in [0.1, 0.15) is 6.04 Å². The zero-order valence-electron chi connectivity index (χ0n) is 15.2. The van der Waals surface area contributed by atoms with Gasteiger partial charge in [0.2, 0.25) is 15.9 Å². The second kappa shape index (κ2) is 9.21. The first-order chi connectivity index (χ1) is 12.3. The monoisotopic (exact) mass is 392 g/mol. The van der Waals surface area contributed by atoms with Crippen LogP contribution in [-0.2, 0) is 14.8 Å². The number of hydrogen-bond acceptors (Lipinski definition) is 4. The Morgan fingerprint density at radius 3 is 2.27 bits per heavy atom. The summed E-state index contributed by atoms with van der Waals surface area (Å²) in [5, 5.41) is 2.83. The standard InChI is InChI=1S/C19H24N2O3S2/c1-14-11-15(2)13-16(12-14)20-19(22)18(9-10-25-3)21-26(23,24)17-7-5-4-6-8-17/h4-8,11-13,18,21H,9-10H2,1-3H3,(H,20,22). The van der Waals surface area contributed by atoms with E-state index >= 15 is 0 Å². The molecule has 0 aliphatic heterocycles. The van der Waals surface area contributed by atoms with Crippen LogP contribution in [0.2, 0.25) is 0 Å². The average molecular weight is 393 g/mol. The molecule has 0 saturated carbocycles. The van der Waals surface area contributed by atoms with E-state index in [0.29, 0.717) is 17.9 Å². The smallest absolute Gasteiger partial charge is 0.242 e. The highest BCUT2D eigenvalue weighted by atomic mass is 32.2. The Bertz CT molecular complexity index is 832. The Balaban J connectivity index is 2.19. The molecule has 0 heterocycles. The van der Waals surface area contributed by atoms with Crippen molar-refractivity contribution < 1.29 is 13.2 Å². The summed E-state index contributed by atoms with van der Waals surface area (Å²) in [5.41, 5.74) is 2.73. The molecule has 140 valence electrons. The van der Waals surface area contributed by atoms with Gasteiger partial charge in [0.25, 0.3) is 0 Å². The van der Waals surface area contributed by atoms with E-state index in [9.17, 15) is 13.2 Å². The summed E-state index contributed by atoms with van der Waals surface area (Å²) in [6.45, 7) is 3.90. The minimum Gasteiger partial charge on any atom is -0.325 e. The van der Waals surface area contributed by atoms with Crippen molar-refractivity contribution in [2.75, 3.05) is 17.3 Å². The largest absolute Gasteiger partial charge is 0.325 e. The molecule has 1 atom stereocenters. The van der Waals surface area contributed by atoms with Crippen LogP contribution in [0.1, 0.15) is 17.5 Å². The number of sulfonamides is 1. The van der Waals surface area contributed by atoms with Gasteiger partial charge in [-0.25, -0.2) is 8.42 Å². The predicted octanol–water partition coefficient (Wildman–Crippen LogP) is 3.34. The van der Waals surface area contributed by atoms with Gasteiger partial charge in [0.15, 0.2) is 0 Å². The van der Waals surface area contributed by atoms with Crippen LogP contribution in [-0.4, -0.2) is 32.4 Å². The molecule has 0 saturated heterocycles. The van der Waals surface area contributed by atoms with E-state index in [0.717, 1.165) is 11.1 Å². The molecular formula is C19H24N2O3S2. The van der Waals surface area contributed by atoms with E-state index in [1.807, 2.05) is 38.3 Å². The van der Waals surface area contributed by atoms with Crippen LogP contribution >= 0.6 is 11.8 Å². The normalized spacial score (nSPS) is 12.6. The van der Waals surface area contributed by atoms with Gasteiger partial charge in [-0.1, -0.05) is 24.3 Å². The Morgan fingerprint density at radius 2 is 1.69 bits per heavy atom. The molecule has 26 heavy (non-hydrogen) atoms. The molecule has 0 bridgehead atoms. The van der Waals surface area contributed by atoms with Crippen LogP contribution in [0.25, 0.3) is 0 Å². The number of carbonyl (C=O) groups is 1. The zero-order valence-corrected chi connectivity index (χ0v) is 16.8. The topological polar surface area (TPSA) is 75.3 Å². The summed E-state index contributed by atoms with van der Waals surface area (Å²) in [6.07, 6.45) is 2.33. The van der Waals surface area contributed by atoms with Gasteiger partial charge in [0, 0.05) is 5.69 Å². The van der Waals surface area contributed by atoms with Gasteiger partial charge in [0.05, 0.1) is 4.90 Å². The molecule has 0 spiro atoms. The Labute approximate surface area is 159 Å². The fourth-order valence-electron chi connectivity index (χ4n) is 2.61. The first-order valence-corrected chi connectivity index (χ1v) is 11.1. The van der Waals surface area contributed by atoms with Crippen LogP contribution in [0.3, 0.4) is 0 Å². The van der Waals surface area contributed by atoms with Gasteiger partial charge in [-0.05, 0) is 67.7 Å². The molecule has 0 aromatic heterocycles. The third-order valence-corrected chi connectivity index (χ3v) is 5.90. The van der Waals surface area contributed by atoms with Gasteiger partial charge in [-0.3, -0.25) is 4.79 Å². The molecule has 1 unspecified atom stereocenters. The summed E-state index contributed by atoms with van der Waals surface area (Å²) in [6, 6.07) is 13.0. The fourth-order valence-corrected chi connectivity index (χ4v) is 4.33. The molecule has 0 aliphatic rings. The quantitative estimate of drug-likeness (QED) is 0.722. The molecule has 5 nitrogen and oxygen atoms in total. The third-order valence-electron chi connectivity index (χ3n) is 3.77. The molecule has 0 radical (unpaired) electrons. The number of carbonyl (C=O) groups excluding carboxylic acids is 1. The van der Waals surface area contributed by atoms with E-state index in [4.69, 9.17) is 0 Å². The van der Waals surface area contributed by atoms with Crippen LogP contribution in [0.5, 0.6) is 0 Å². The lowest BCUT2D eigenvalue weighted by atomic mass is 10.1. The number of rotatable bonds is 8. The second-order valence-electron chi connectivity index (χ2n) is 6.13. The van der Waals surface area contributed by atoms with Crippen molar-refractivity contribution in [3.8, 4) is 0 Å². The van der Waals surface area contributed by atoms with E-state index in [-0.39, 0.29) is 10.8 Å². The van der Waals surface area contributed by atoms with Gasteiger partial charge >= 0.3 is 0 Å². The maximum absolute atomic E-state index is 12.7. The van der Waals surface area contributed by atoms with E-state index in [2.05, 4.69) is 10.0 Å². The number of amides is 1. The summed E-state index contributed by atoms with van der Waals surface area (Å²) in [7, 11) is -3.76. The number of aryl methyl sites for hydroxylation is 2. The molecule has 1 amide bonds. The van der Waals surface area contributed by atoms with Crippen molar-refractivity contribution in [3.63, 3.8) is 0 Å². The second-order valence-corrected chi connectivity index (χ2v) is 8.83. The first-order valence-electron chi connectivity index (χ1n) is 8.27. The number of hydrogen-bond donors (Lipinski definition) is 2. The number of nitrogens with one attached hydrogen (secondary N) is 2. The van der Waals surface area contributed by atoms with Crippen LogP contribution < -0.4 is 10.0 Å². The summed E-state index contributed by atoms with van der Waals surface area (Å²) in [5.74, 6) is 0.311. The highest BCUT2D eigenvalue weighted by Gasteiger charge is 2.25. The first kappa shape index (κ1) is 20.5. The number of benzene rings is 2. The third kappa shape index (κ3) is 5.86. The van der Waals surface area contributed by atoms with Crippen molar-refractivity contribution in [1.29, 1.82) is 0 Å². The van der Waals surface area contributed by atoms with Crippen molar-refractivity contribution in [2.24, 2.45) is 0 Å². The maximum atomic E-state index is 12.7. The SMILES string of the molecule is CSCCC(NS(=O)(=O)c1ccccc1)C(=O)Nc1cc(C)cc(C)c1. The predicted molar refractivity (Wildman–Crippen MR) is 108 cm³/mol. The van der Waals surface area contributed by atoms with Crippen molar-refractivity contribution in [2.45, 2.75) is 31.2 Å². The van der Waals surface area contributed by atoms with E-state index in [1.54, 1.807) is 30.0 Å². The molecule has 7 heteroatoms. The molecule has 2 rings (SSSR count). The maximum Gasteiger partial charge on any atom is 0.242 e. The average Bonchev–Trinajstić information content (AvgIpc) is 2.58. The molecule has 2 N–H and O–H groups in total. The van der Waals surface area contributed by atoms with Crippen LogP contribution in [0, 0.1) is 13.8 Å². The summed E-state index contributed by atoms with van der Waals surface area (Å²) >= 11 is 1.57. The summed E-state index contributed by atoms with van der Waals surface area (Å²) in [4.78, 5) is 12.8. The minimum atomic E-state index is -3.76. The van der Waals surface area contributed by atoms with Crippen LogP contribution in [0.15, 0.2) is 53.4 Å².